The second-order valence-electron chi connectivity index (χ2n) is 3.50. The highest BCUT2D eigenvalue weighted by atomic mass is 31.0. The van der Waals surface area contributed by atoms with Gasteiger partial charge in [-0.25, -0.2) is 0 Å². The molecular weight excluding hydrogens is 127 g/mol. The van der Waals surface area contributed by atoms with Crippen LogP contribution in [0, 0.1) is 5.92 Å². The third-order valence-electron chi connectivity index (χ3n) is 2.63. The zero-order chi connectivity index (χ0) is 6.91. The van der Waals surface area contributed by atoms with Gasteiger partial charge < -0.3 is 0 Å². The summed E-state index contributed by atoms with van der Waals surface area (Å²) >= 11 is 0. The molecule has 0 aromatic heterocycles. The summed E-state index contributed by atoms with van der Waals surface area (Å²) < 4.78 is 0. The smallest absolute Gasteiger partial charge is 0.00133 e. The molecule has 0 nitrogen and oxygen atoms in total. The first kappa shape index (κ1) is 7.54. The normalized spacial score (nSPS) is 45.0. The van der Waals surface area contributed by atoms with Gasteiger partial charge in [0.15, 0.2) is 0 Å². The maximum atomic E-state index is 4.61. The van der Waals surface area contributed by atoms with Gasteiger partial charge in [-0.1, -0.05) is 26.7 Å². The molecule has 0 aromatic rings. The van der Waals surface area contributed by atoms with Crippen molar-refractivity contribution in [3.05, 3.63) is 0 Å². The summed E-state index contributed by atoms with van der Waals surface area (Å²) in [4.78, 5) is 0. The second-order valence-corrected chi connectivity index (χ2v) is 4.53. The molecule has 0 heterocycles. The van der Waals surface area contributed by atoms with E-state index in [0.29, 0.717) is 5.16 Å². The van der Waals surface area contributed by atoms with Gasteiger partial charge in [0.1, 0.15) is 0 Å². The predicted octanol–water partition coefficient (Wildman–Crippen LogP) is 3.37. The monoisotopic (exact) mass is 142 g/mol. The van der Waals surface area contributed by atoms with Crippen LogP contribution in [0.25, 0.3) is 0 Å². The van der Waals surface area contributed by atoms with E-state index in [9.17, 15) is 0 Å². The maximum Gasteiger partial charge on any atom is -0.00133 e. The quantitative estimate of drug-likeness (QED) is 0.455. The van der Waals surface area contributed by atoms with Crippen LogP contribution < -0.4 is 0 Å². The Morgan fingerprint density at radius 3 is 2.44 bits per heavy atom. The van der Waals surface area contributed by atoms with Crippen LogP contribution in [0.5, 0.6) is 0 Å². The zero-order valence-electron chi connectivity index (χ0n) is 6.35. The van der Waals surface area contributed by atoms with Crippen molar-refractivity contribution in [1.29, 1.82) is 0 Å². The van der Waals surface area contributed by atoms with Crippen molar-refractivity contribution in [3.63, 3.8) is 0 Å². The minimum Gasteiger partial charge on any atom is -0.0616 e. The van der Waals surface area contributed by atoms with Crippen LogP contribution in [-0.4, -0.2) is 5.16 Å². The lowest BCUT2D eigenvalue weighted by molar-refractivity contribution is 0.311. The lowest BCUT2D eigenvalue weighted by Crippen LogP contribution is -2.28. The van der Waals surface area contributed by atoms with Crippen molar-refractivity contribution in [1.82, 2.24) is 0 Å². The van der Waals surface area contributed by atoms with E-state index in [2.05, 4.69) is 23.1 Å². The van der Waals surface area contributed by atoms with Crippen molar-refractivity contribution in [3.8, 4) is 0 Å². The molecule has 1 saturated carbocycles. The molecule has 1 rings (SSSR count). The van der Waals surface area contributed by atoms with E-state index in [1.807, 2.05) is 0 Å². The first-order valence-corrected chi connectivity index (χ1v) is 4.30. The van der Waals surface area contributed by atoms with Crippen LogP contribution in [0.3, 0.4) is 0 Å². The van der Waals surface area contributed by atoms with Crippen LogP contribution in [-0.2, 0) is 0 Å². The molecule has 0 aliphatic heterocycles. The Balaban J connectivity index is 2.49. The third kappa shape index (κ3) is 1.67. The molecular formula is C8H15P. The lowest BCUT2D eigenvalue weighted by Gasteiger charge is -2.34. The molecule has 9 heavy (non-hydrogen) atoms. The summed E-state index contributed by atoms with van der Waals surface area (Å²) in [5.74, 6) is 0.814. The van der Waals surface area contributed by atoms with Gasteiger partial charge in [-0.2, -0.15) is 0 Å². The highest BCUT2D eigenvalue weighted by Gasteiger charge is 2.29. The minimum absolute atomic E-state index is 0.332. The van der Waals surface area contributed by atoms with Gasteiger partial charge in [0, 0.05) is 0 Å². The fourth-order valence-corrected chi connectivity index (χ4v) is 1.78. The van der Waals surface area contributed by atoms with Crippen LogP contribution in [0.4, 0.5) is 0 Å². The van der Waals surface area contributed by atoms with E-state index in [0.717, 1.165) is 5.92 Å². The topological polar surface area (TPSA) is 0 Å². The zero-order valence-corrected chi connectivity index (χ0v) is 7.25. The third-order valence-corrected chi connectivity index (χ3v) is 3.30. The van der Waals surface area contributed by atoms with Gasteiger partial charge in [-0.3, -0.25) is 0 Å². The van der Waals surface area contributed by atoms with E-state index >= 15 is 0 Å². The standard InChI is InChI=1S/C8H15P/c1-7-5-3-4-6-8(7,2)9/h7H,3-6H2,1-2H3. The van der Waals surface area contributed by atoms with Crippen molar-refractivity contribution in [2.45, 2.75) is 44.7 Å². The van der Waals surface area contributed by atoms with Gasteiger partial charge in [0.05, 0.1) is 0 Å². The van der Waals surface area contributed by atoms with E-state index in [1.54, 1.807) is 0 Å². The van der Waals surface area contributed by atoms with E-state index in [-0.39, 0.29) is 0 Å². The molecule has 52 valence electrons. The van der Waals surface area contributed by atoms with Crippen molar-refractivity contribution >= 4 is 9.24 Å². The molecule has 1 fully saturated rings. The lowest BCUT2D eigenvalue weighted by atomic mass is 9.81. The Bertz CT molecular complexity index is 96.7. The average Bonchev–Trinajstić information content (AvgIpc) is 1.77. The van der Waals surface area contributed by atoms with E-state index in [4.69, 9.17) is 0 Å². The van der Waals surface area contributed by atoms with Gasteiger partial charge >= 0.3 is 0 Å². The number of rotatable bonds is 0. The van der Waals surface area contributed by atoms with Crippen molar-refractivity contribution < 1.29 is 0 Å². The number of hydrogen-bond donors (Lipinski definition) is 0. The Labute approximate surface area is 60.6 Å². The SMILES string of the molecule is CC1CCCCC1(C)[P]. The Morgan fingerprint density at radius 2 is 2.11 bits per heavy atom. The molecule has 1 aliphatic rings. The molecule has 2 atom stereocenters. The average molecular weight is 142 g/mol. The fraction of sp³-hybridized carbons (Fsp3) is 1.00. The molecule has 1 aliphatic carbocycles. The summed E-state index contributed by atoms with van der Waals surface area (Å²) in [5.41, 5.74) is 0. The number of hydrogen-bond acceptors (Lipinski definition) is 0. The second kappa shape index (κ2) is 2.58. The van der Waals surface area contributed by atoms with Crippen molar-refractivity contribution in [2.75, 3.05) is 0 Å². The molecule has 0 N–H and O–H groups in total. The molecule has 0 bridgehead atoms. The first-order valence-electron chi connectivity index (χ1n) is 3.85. The van der Waals surface area contributed by atoms with E-state index in [1.165, 1.54) is 25.7 Å². The summed E-state index contributed by atoms with van der Waals surface area (Å²) in [6.45, 7) is 4.58. The van der Waals surface area contributed by atoms with Gasteiger partial charge in [-0.15, -0.1) is 0 Å². The minimum atomic E-state index is 0.332. The summed E-state index contributed by atoms with van der Waals surface area (Å²) in [7, 11) is 4.61. The van der Waals surface area contributed by atoms with Gasteiger partial charge in [0.25, 0.3) is 0 Å². The van der Waals surface area contributed by atoms with Crippen LogP contribution >= 0.6 is 9.24 Å². The largest absolute Gasteiger partial charge is 0.0616 e. The molecule has 0 aromatic carbocycles. The Hall–Kier alpha value is 0.430. The summed E-state index contributed by atoms with van der Waals surface area (Å²) in [6.07, 6.45) is 5.47. The molecule has 0 saturated heterocycles. The predicted molar refractivity (Wildman–Crippen MR) is 43.0 cm³/mol. The highest BCUT2D eigenvalue weighted by molar-refractivity contribution is 7.18. The van der Waals surface area contributed by atoms with E-state index < -0.39 is 0 Å². The Kier molecular flexibility index (Phi) is 2.16. The van der Waals surface area contributed by atoms with Crippen LogP contribution in [0.15, 0.2) is 0 Å². The van der Waals surface area contributed by atoms with Gasteiger partial charge in [-0.05, 0) is 33.2 Å². The maximum absolute atomic E-state index is 4.61. The molecule has 0 amide bonds. The highest BCUT2D eigenvalue weighted by Crippen LogP contribution is 2.39. The molecule has 2 unspecified atom stereocenters. The summed E-state index contributed by atoms with van der Waals surface area (Å²) in [6, 6.07) is 0. The van der Waals surface area contributed by atoms with Crippen LogP contribution in [0.2, 0.25) is 0 Å². The Morgan fingerprint density at radius 1 is 1.44 bits per heavy atom. The molecule has 0 spiro atoms. The molecule has 1 heteroatoms. The van der Waals surface area contributed by atoms with Crippen LogP contribution in [0.1, 0.15) is 39.5 Å². The van der Waals surface area contributed by atoms with Gasteiger partial charge in [0.2, 0.25) is 0 Å². The first-order chi connectivity index (χ1) is 4.13. The van der Waals surface area contributed by atoms with Crippen molar-refractivity contribution in [2.24, 2.45) is 5.92 Å². The molecule has 2 radical (unpaired) electrons. The fourth-order valence-electron chi connectivity index (χ4n) is 1.49. The summed E-state index contributed by atoms with van der Waals surface area (Å²) in [5, 5.41) is 0.332.